The lowest BCUT2D eigenvalue weighted by molar-refractivity contribution is -0.134. The second kappa shape index (κ2) is 3.84. The van der Waals surface area contributed by atoms with E-state index in [4.69, 9.17) is 16.3 Å². The van der Waals surface area contributed by atoms with Crippen molar-refractivity contribution in [3.05, 3.63) is 0 Å². The van der Waals surface area contributed by atoms with Gasteiger partial charge in [0, 0.05) is 19.7 Å². The van der Waals surface area contributed by atoms with Gasteiger partial charge in [-0.25, -0.2) is 0 Å². The highest BCUT2D eigenvalue weighted by molar-refractivity contribution is 6.21. The van der Waals surface area contributed by atoms with Crippen LogP contribution >= 0.6 is 11.6 Å². The number of hydrogen-bond acceptors (Lipinski definition) is 2. The molecule has 2 aliphatic heterocycles. The van der Waals surface area contributed by atoms with Gasteiger partial charge in [-0.2, -0.15) is 0 Å². The third-order valence-electron chi connectivity index (χ3n) is 2.72. The van der Waals surface area contributed by atoms with Crippen molar-refractivity contribution in [2.24, 2.45) is 5.92 Å². The molecule has 0 radical (unpaired) electrons. The number of amides is 1. The predicted molar refractivity (Wildman–Crippen MR) is 49.8 cm³/mol. The van der Waals surface area contributed by atoms with Gasteiger partial charge in [0.2, 0.25) is 5.91 Å². The number of rotatable bonds is 1. The Hall–Kier alpha value is -0.280. The first-order valence-electron chi connectivity index (χ1n) is 4.78. The summed E-state index contributed by atoms with van der Waals surface area (Å²) in [5.41, 5.74) is 0. The normalized spacial score (nSPS) is 34.1. The molecule has 2 atom stereocenters. The van der Waals surface area contributed by atoms with Crippen LogP contribution in [0.1, 0.15) is 12.8 Å². The highest BCUT2D eigenvalue weighted by Crippen LogP contribution is 2.21. The topological polar surface area (TPSA) is 29.5 Å². The molecule has 2 saturated heterocycles. The third kappa shape index (κ3) is 1.97. The predicted octanol–water partition coefficient (Wildman–Crippen LogP) is 0.863. The Morgan fingerprint density at radius 1 is 1.46 bits per heavy atom. The van der Waals surface area contributed by atoms with Crippen LogP contribution in [0.3, 0.4) is 0 Å². The number of ether oxygens (including phenoxy) is 1. The summed E-state index contributed by atoms with van der Waals surface area (Å²) in [6.07, 6.45) is 1.81. The fraction of sp³-hybridized carbons (Fsp3) is 0.889. The maximum atomic E-state index is 11.8. The molecule has 0 aliphatic carbocycles. The van der Waals surface area contributed by atoms with Crippen LogP contribution in [0.15, 0.2) is 0 Å². The minimum Gasteiger partial charge on any atom is -0.381 e. The number of alkyl halides is 1. The smallest absolute Gasteiger partial charge is 0.228 e. The van der Waals surface area contributed by atoms with Crippen LogP contribution in [-0.4, -0.2) is 42.5 Å². The maximum Gasteiger partial charge on any atom is 0.228 e. The van der Waals surface area contributed by atoms with E-state index in [0.29, 0.717) is 6.61 Å². The highest BCUT2D eigenvalue weighted by atomic mass is 35.5. The molecular formula is C9H14ClNO2. The van der Waals surface area contributed by atoms with Crippen molar-refractivity contribution >= 4 is 17.5 Å². The Labute approximate surface area is 83.0 Å². The molecule has 4 heteroatoms. The van der Waals surface area contributed by atoms with Crippen LogP contribution in [0, 0.1) is 5.92 Å². The molecular weight excluding hydrogens is 190 g/mol. The third-order valence-corrected chi connectivity index (χ3v) is 3.08. The lowest BCUT2D eigenvalue weighted by Gasteiger charge is -2.18. The minimum absolute atomic E-state index is 0.0990. The van der Waals surface area contributed by atoms with Gasteiger partial charge in [-0.05, 0) is 12.8 Å². The Morgan fingerprint density at radius 3 is 2.85 bits per heavy atom. The minimum atomic E-state index is 0.0990. The number of carbonyl (C=O) groups excluding carboxylic acids is 1. The molecule has 74 valence electrons. The largest absolute Gasteiger partial charge is 0.381 e. The van der Waals surface area contributed by atoms with Crippen LogP contribution in [0.4, 0.5) is 0 Å². The molecule has 2 unspecified atom stereocenters. The van der Waals surface area contributed by atoms with Crippen molar-refractivity contribution in [3.63, 3.8) is 0 Å². The van der Waals surface area contributed by atoms with E-state index in [-0.39, 0.29) is 17.2 Å². The average molecular weight is 204 g/mol. The first-order valence-corrected chi connectivity index (χ1v) is 5.21. The SMILES string of the molecule is O=C(C1CCOC1)N1CCC(Cl)C1. The first kappa shape index (κ1) is 9.28. The lowest BCUT2D eigenvalue weighted by Crippen LogP contribution is -2.34. The summed E-state index contributed by atoms with van der Waals surface area (Å²) in [6.45, 7) is 2.87. The van der Waals surface area contributed by atoms with Crippen LogP contribution in [0.2, 0.25) is 0 Å². The molecule has 1 amide bonds. The first-order chi connectivity index (χ1) is 6.27. The second-order valence-corrected chi connectivity index (χ2v) is 4.35. The molecule has 0 N–H and O–H groups in total. The zero-order chi connectivity index (χ0) is 9.26. The van der Waals surface area contributed by atoms with E-state index < -0.39 is 0 Å². The molecule has 0 aromatic rings. The molecule has 0 spiro atoms. The summed E-state index contributed by atoms with van der Waals surface area (Å²) < 4.78 is 5.18. The highest BCUT2D eigenvalue weighted by Gasteiger charge is 2.31. The molecule has 2 rings (SSSR count). The summed E-state index contributed by atoms with van der Waals surface area (Å²) in [5, 5.41) is 0.159. The van der Waals surface area contributed by atoms with Gasteiger partial charge >= 0.3 is 0 Å². The average Bonchev–Trinajstić information content (AvgIpc) is 2.72. The van der Waals surface area contributed by atoms with Gasteiger partial charge in [0.05, 0.1) is 17.9 Å². The maximum absolute atomic E-state index is 11.8. The van der Waals surface area contributed by atoms with Gasteiger partial charge < -0.3 is 9.64 Å². The summed E-state index contributed by atoms with van der Waals surface area (Å²) in [7, 11) is 0. The zero-order valence-electron chi connectivity index (χ0n) is 7.54. The zero-order valence-corrected chi connectivity index (χ0v) is 8.29. The van der Waals surface area contributed by atoms with E-state index in [1.54, 1.807) is 0 Å². The number of halogens is 1. The van der Waals surface area contributed by atoms with E-state index in [0.717, 1.165) is 32.5 Å². The monoisotopic (exact) mass is 203 g/mol. The van der Waals surface area contributed by atoms with E-state index >= 15 is 0 Å². The van der Waals surface area contributed by atoms with Crippen molar-refractivity contribution in [2.45, 2.75) is 18.2 Å². The second-order valence-electron chi connectivity index (χ2n) is 3.73. The van der Waals surface area contributed by atoms with Crippen LogP contribution in [0.25, 0.3) is 0 Å². The van der Waals surface area contributed by atoms with Gasteiger partial charge in [0.25, 0.3) is 0 Å². The van der Waals surface area contributed by atoms with E-state index in [1.165, 1.54) is 0 Å². The summed E-state index contributed by atoms with van der Waals surface area (Å²) >= 11 is 5.93. The van der Waals surface area contributed by atoms with E-state index in [2.05, 4.69) is 0 Å². The van der Waals surface area contributed by atoms with Crippen molar-refractivity contribution in [1.82, 2.24) is 4.90 Å². The quantitative estimate of drug-likeness (QED) is 0.592. The summed E-state index contributed by atoms with van der Waals surface area (Å²) in [4.78, 5) is 13.7. The Morgan fingerprint density at radius 2 is 2.31 bits per heavy atom. The molecule has 13 heavy (non-hydrogen) atoms. The molecule has 2 fully saturated rings. The fourth-order valence-corrected chi connectivity index (χ4v) is 2.17. The lowest BCUT2D eigenvalue weighted by atomic mass is 10.1. The van der Waals surface area contributed by atoms with E-state index in [9.17, 15) is 4.79 Å². The fourth-order valence-electron chi connectivity index (χ4n) is 1.91. The van der Waals surface area contributed by atoms with Crippen molar-refractivity contribution in [3.8, 4) is 0 Å². The molecule has 0 aromatic heterocycles. The van der Waals surface area contributed by atoms with Crippen molar-refractivity contribution in [2.75, 3.05) is 26.3 Å². The molecule has 3 nitrogen and oxygen atoms in total. The Balaban J connectivity index is 1.89. The van der Waals surface area contributed by atoms with Crippen molar-refractivity contribution < 1.29 is 9.53 Å². The van der Waals surface area contributed by atoms with Crippen LogP contribution in [-0.2, 0) is 9.53 Å². The molecule has 2 aliphatic rings. The Kier molecular flexibility index (Phi) is 2.74. The van der Waals surface area contributed by atoms with Gasteiger partial charge in [0.1, 0.15) is 0 Å². The Bertz CT molecular complexity index is 204. The number of nitrogens with zero attached hydrogens (tertiary/aromatic N) is 1. The number of carbonyl (C=O) groups is 1. The standard InChI is InChI=1S/C9H14ClNO2/c10-8-1-3-11(5-8)9(12)7-2-4-13-6-7/h7-8H,1-6H2. The molecule has 0 saturated carbocycles. The summed E-state index contributed by atoms with van der Waals surface area (Å²) in [5.74, 6) is 0.336. The van der Waals surface area contributed by atoms with Gasteiger partial charge in [-0.1, -0.05) is 0 Å². The van der Waals surface area contributed by atoms with E-state index in [1.807, 2.05) is 4.90 Å². The number of likely N-dealkylation sites (tertiary alicyclic amines) is 1. The van der Waals surface area contributed by atoms with Crippen LogP contribution < -0.4 is 0 Å². The molecule has 2 heterocycles. The number of hydrogen-bond donors (Lipinski definition) is 0. The van der Waals surface area contributed by atoms with Gasteiger partial charge in [-0.15, -0.1) is 11.6 Å². The molecule has 0 aromatic carbocycles. The van der Waals surface area contributed by atoms with Gasteiger partial charge in [-0.3, -0.25) is 4.79 Å². The summed E-state index contributed by atoms with van der Waals surface area (Å²) in [6, 6.07) is 0. The van der Waals surface area contributed by atoms with Crippen LogP contribution in [0.5, 0.6) is 0 Å². The molecule has 0 bridgehead atoms. The van der Waals surface area contributed by atoms with Gasteiger partial charge in [0.15, 0.2) is 0 Å². The van der Waals surface area contributed by atoms with Crippen molar-refractivity contribution in [1.29, 1.82) is 0 Å².